The standard InChI is InChI=1S/C20H23BrN6O/c1-4-25-9-11-26(12-10-25)20(28)18-14(3)27-19(23-22-18)17(13(2)24-27)15-5-7-16(21)8-6-15/h5-8H,4,9-12H2,1-3H3. The van der Waals surface area contributed by atoms with Gasteiger partial charge in [-0.05, 0) is 38.1 Å². The molecule has 0 N–H and O–H groups in total. The van der Waals surface area contributed by atoms with Gasteiger partial charge in [-0.15, -0.1) is 10.2 Å². The van der Waals surface area contributed by atoms with Gasteiger partial charge in [-0.2, -0.15) is 5.10 Å². The summed E-state index contributed by atoms with van der Waals surface area (Å²) in [5, 5.41) is 13.4. The first-order valence-corrected chi connectivity index (χ1v) is 10.3. The minimum atomic E-state index is -0.0685. The molecule has 8 heteroatoms. The molecule has 1 aliphatic heterocycles. The van der Waals surface area contributed by atoms with Gasteiger partial charge in [0.2, 0.25) is 0 Å². The van der Waals surface area contributed by atoms with E-state index >= 15 is 0 Å². The summed E-state index contributed by atoms with van der Waals surface area (Å²) in [6, 6.07) is 8.04. The van der Waals surface area contributed by atoms with E-state index in [4.69, 9.17) is 0 Å². The number of benzene rings is 1. The summed E-state index contributed by atoms with van der Waals surface area (Å²) >= 11 is 3.47. The van der Waals surface area contributed by atoms with Crippen LogP contribution in [0.4, 0.5) is 0 Å². The van der Waals surface area contributed by atoms with Gasteiger partial charge in [-0.1, -0.05) is 35.0 Å². The summed E-state index contributed by atoms with van der Waals surface area (Å²) < 4.78 is 2.76. The van der Waals surface area contributed by atoms with E-state index in [0.29, 0.717) is 24.4 Å². The Hall–Kier alpha value is -2.32. The van der Waals surface area contributed by atoms with Crippen molar-refractivity contribution in [3.8, 4) is 11.1 Å². The van der Waals surface area contributed by atoms with E-state index in [9.17, 15) is 4.79 Å². The minimum Gasteiger partial charge on any atom is -0.335 e. The Morgan fingerprint density at radius 3 is 2.39 bits per heavy atom. The van der Waals surface area contributed by atoms with E-state index in [-0.39, 0.29) is 5.91 Å². The smallest absolute Gasteiger partial charge is 0.276 e. The molecule has 2 aromatic heterocycles. The van der Waals surface area contributed by atoms with Gasteiger partial charge in [-0.25, -0.2) is 4.52 Å². The van der Waals surface area contributed by atoms with E-state index in [1.807, 2.05) is 43.0 Å². The summed E-state index contributed by atoms with van der Waals surface area (Å²) in [4.78, 5) is 17.2. The number of aromatic nitrogens is 4. The highest BCUT2D eigenvalue weighted by molar-refractivity contribution is 9.10. The maximum Gasteiger partial charge on any atom is 0.276 e. The number of hydrogen-bond donors (Lipinski definition) is 0. The molecule has 1 aromatic carbocycles. The zero-order valence-corrected chi connectivity index (χ0v) is 17.9. The lowest BCUT2D eigenvalue weighted by Gasteiger charge is -2.33. The van der Waals surface area contributed by atoms with Crippen molar-refractivity contribution in [1.29, 1.82) is 0 Å². The first kappa shape index (κ1) is 19.0. The van der Waals surface area contributed by atoms with Crippen LogP contribution in [-0.4, -0.2) is 68.2 Å². The quantitative estimate of drug-likeness (QED) is 0.623. The molecular weight excluding hydrogens is 420 g/mol. The van der Waals surface area contributed by atoms with Gasteiger partial charge in [0.15, 0.2) is 11.3 Å². The van der Waals surface area contributed by atoms with Gasteiger partial charge >= 0.3 is 0 Å². The van der Waals surface area contributed by atoms with Crippen LogP contribution in [0.1, 0.15) is 28.8 Å². The van der Waals surface area contributed by atoms with Crippen LogP contribution in [0.2, 0.25) is 0 Å². The number of halogens is 1. The van der Waals surface area contributed by atoms with Crippen molar-refractivity contribution < 1.29 is 4.79 Å². The fraction of sp³-hybridized carbons (Fsp3) is 0.400. The largest absolute Gasteiger partial charge is 0.335 e. The molecule has 0 atom stereocenters. The Balaban J connectivity index is 1.70. The molecule has 1 amide bonds. The molecule has 7 nitrogen and oxygen atoms in total. The van der Waals surface area contributed by atoms with Gasteiger partial charge in [0, 0.05) is 30.7 Å². The third kappa shape index (κ3) is 3.31. The molecule has 0 unspecified atom stereocenters. The number of carbonyl (C=O) groups excluding carboxylic acids is 1. The molecule has 0 aliphatic carbocycles. The highest BCUT2D eigenvalue weighted by atomic mass is 79.9. The third-order valence-electron chi connectivity index (χ3n) is 5.38. The number of nitrogens with zero attached hydrogens (tertiary/aromatic N) is 6. The molecule has 4 rings (SSSR count). The van der Waals surface area contributed by atoms with E-state index in [2.05, 4.69) is 43.0 Å². The Kier molecular flexibility index (Phi) is 5.16. The van der Waals surface area contributed by atoms with Crippen molar-refractivity contribution in [3.63, 3.8) is 0 Å². The molecule has 0 bridgehead atoms. The normalized spacial score (nSPS) is 15.4. The number of hydrogen-bond acceptors (Lipinski definition) is 5. The Morgan fingerprint density at radius 2 is 1.75 bits per heavy atom. The second-order valence-corrected chi connectivity index (χ2v) is 7.98. The van der Waals surface area contributed by atoms with Crippen LogP contribution in [0.15, 0.2) is 28.7 Å². The monoisotopic (exact) mass is 442 g/mol. The topological polar surface area (TPSA) is 66.6 Å². The zero-order chi connectivity index (χ0) is 19.8. The number of aryl methyl sites for hydroxylation is 2. The maximum atomic E-state index is 13.0. The summed E-state index contributed by atoms with van der Waals surface area (Å²) in [6.07, 6.45) is 0. The molecule has 1 aliphatic rings. The Morgan fingerprint density at radius 1 is 1.07 bits per heavy atom. The molecular formula is C20H23BrN6O. The molecule has 1 fully saturated rings. The lowest BCUT2D eigenvalue weighted by Crippen LogP contribution is -2.48. The lowest BCUT2D eigenvalue weighted by molar-refractivity contribution is 0.0634. The fourth-order valence-corrected chi connectivity index (χ4v) is 3.94. The van der Waals surface area contributed by atoms with Gasteiger partial charge < -0.3 is 9.80 Å². The minimum absolute atomic E-state index is 0.0685. The lowest BCUT2D eigenvalue weighted by atomic mass is 10.1. The molecule has 146 valence electrons. The average molecular weight is 443 g/mol. The van der Waals surface area contributed by atoms with Crippen LogP contribution < -0.4 is 0 Å². The van der Waals surface area contributed by atoms with E-state index in [1.165, 1.54) is 0 Å². The number of carbonyl (C=O) groups is 1. The number of rotatable bonds is 3. The Labute approximate surface area is 172 Å². The number of fused-ring (bicyclic) bond motifs is 1. The first-order valence-electron chi connectivity index (χ1n) is 9.49. The van der Waals surface area contributed by atoms with E-state index in [1.54, 1.807) is 4.52 Å². The summed E-state index contributed by atoms with van der Waals surface area (Å²) in [6.45, 7) is 10.2. The van der Waals surface area contributed by atoms with Gasteiger partial charge in [0.25, 0.3) is 5.91 Å². The second-order valence-electron chi connectivity index (χ2n) is 7.06. The summed E-state index contributed by atoms with van der Waals surface area (Å²) in [7, 11) is 0. The van der Waals surface area contributed by atoms with Gasteiger partial charge in [0.05, 0.1) is 17.0 Å². The first-order chi connectivity index (χ1) is 13.5. The van der Waals surface area contributed by atoms with Crippen molar-refractivity contribution in [3.05, 3.63) is 45.8 Å². The van der Waals surface area contributed by atoms with Crippen molar-refractivity contribution in [1.82, 2.24) is 29.6 Å². The highest BCUT2D eigenvalue weighted by Crippen LogP contribution is 2.29. The van der Waals surface area contributed by atoms with Crippen LogP contribution in [0.25, 0.3) is 16.8 Å². The van der Waals surface area contributed by atoms with Crippen LogP contribution in [-0.2, 0) is 0 Å². The number of piperazine rings is 1. The van der Waals surface area contributed by atoms with Gasteiger partial charge in [0.1, 0.15) is 0 Å². The molecule has 28 heavy (non-hydrogen) atoms. The van der Waals surface area contributed by atoms with Crippen LogP contribution in [0, 0.1) is 13.8 Å². The molecule has 1 saturated heterocycles. The van der Waals surface area contributed by atoms with Crippen molar-refractivity contribution in [2.75, 3.05) is 32.7 Å². The van der Waals surface area contributed by atoms with Crippen LogP contribution in [0.3, 0.4) is 0 Å². The number of likely N-dealkylation sites (N-methyl/N-ethyl adjacent to an activating group) is 1. The molecule has 0 radical (unpaired) electrons. The molecule has 0 saturated carbocycles. The summed E-state index contributed by atoms with van der Waals surface area (Å²) in [5.74, 6) is -0.0685. The van der Waals surface area contributed by atoms with Gasteiger partial charge in [-0.3, -0.25) is 4.79 Å². The van der Waals surface area contributed by atoms with Crippen molar-refractivity contribution in [2.24, 2.45) is 0 Å². The zero-order valence-electron chi connectivity index (χ0n) is 16.3. The van der Waals surface area contributed by atoms with Crippen molar-refractivity contribution >= 4 is 27.5 Å². The fourth-order valence-electron chi connectivity index (χ4n) is 3.68. The predicted molar refractivity (Wildman–Crippen MR) is 111 cm³/mol. The third-order valence-corrected chi connectivity index (χ3v) is 5.91. The van der Waals surface area contributed by atoms with E-state index < -0.39 is 0 Å². The summed E-state index contributed by atoms with van der Waals surface area (Å²) in [5.41, 5.74) is 4.60. The molecule has 3 heterocycles. The van der Waals surface area contributed by atoms with E-state index in [0.717, 1.165) is 46.6 Å². The molecule has 3 aromatic rings. The van der Waals surface area contributed by atoms with Crippen molar-refractivity contribution in [2.45, 2.75) is 20.8 Å². The highest BCUT2D eigenvalue weighted by Gasteiger charge is 2.26. The Bertz CT molecular complexity index is 1020. The predicted octanol–water partition coefficient (Wildman–Crippen LogP) is 2.95. The average Bonchev–Trinajstić information content (AvgIpc) is 3.05. The van der Waals surface area contributed by atoms with Crippen LogP contribution in [0.5, 0.6) is 0 Å². The second kappa shape index (κ2) is 7.60. The van der Waals surface area contributed by atoms with Crippen LogP contribution >= 0.6 is 15.9 Å². The molecule has 0 spiro atoms. The maximum absolute atomic E-state index is 13.0. The number of amides is 1. The SMILES string of the molecule is CCN1CCN(C(=O)c2nnc3c(-c4ccc(Br)cc4)c(C)nn3c2C)CC1.